The van der Waals surface area contributed by atoms with E-state index < -0.39 is 0 Å². The number of ether oxygens (including phenoxy) is 1. The van der Waals surface area contributed by atoms with Crippen LogP contribution in [0.15, 0.2) is 59.5 Å². The Balaban J connectivity index is 1.29. The number of amides is 2. The van der Waals surface area contributed by atoms with Crippen LogP contribution >= 0.6 is 0 Å². The molecule has 7 heteroatoms. The molecule has 1 fully saturated rings. The predicted octanol–water partition coefficient (Wildman–Crippen LogP) is 4.57. The Morgan fingerprint density at radius 3 is 2.55 bits per heavy atom. The van der Waals surface area contributed by atoms with E-state index in [1.165, 1.54) is 18.1 Å². The van der Waals surface area contributed by atoms with E-state index in [1.54, 1.807) is 29.3 Å². The molecule has 1 aliphatic heterocycles. The Kier molecular flexibility index (Phi) is 6.02. The van der Waals surface area contributed by atoms with Crippen molar-refractivity contribution < 1.29 is 18.7 Å². The molecule has 0 saturated carbocycles. The predicted molar refractivity (Wildman–Crippen MR) is 116 cm³/mol. The fraction of sp³-hybridized carbons (Fsp3) is 0.292. The smallest absolute Gasteiger partial charge is 0.257 e. The number of anilines is 1. The van der Waals surface area contributed by atoms with Crippen LogP contribution in [-0.4, -0.2) is 34.8 Å². The van der Waals surface area contributed by atoms with Crippen molar-refractivity contribution in [2.45, 2.75) is 26.7 Å². The summed E-state index contributed by atoms with van der Waals surface area (Å²) in [4.78, 5) is 31.0. The standard InChI is InChI=1S/C24H25N3O4/c1-16-3-5-21(13-17(16)2)31-22-6-4-20(14-25-22)26-23(28)18-7-10-27(11-8-18)24(29)19-9-12-30-15-19/h3-6,9,12-15,18H,7-8,10-11H2,1-2H3,(H,26,28). The van der Waals surface area contributed by atoms with Crippen LogP contribution in [0.3, 0.4) is 0 Å². The number of likely N-dealkylation sites (tertiary alicyclic amines) is 1. The Morgan fingerprint density at radius 1 is 1.10 bits per heavy atom. The number of aryl methyl sites for hydroxylation is 2. The van der Waals surface area contributed by atoms with Gasteiger partial charge in [-0.1, -0.05) is 6.07 Å². The SMILES string of the molecule is Cc1ccc(Oc2ccc(NC(=O)C3CCN(C(=O)c4ccoc4)CC3)cn2)cc1C. The van der Waals surface area contributed by atoms with Gasteiger partial charge in [0.2, 0.25) is 11.8 Å². The van der Waals surface area contributed by atoms with Crippen LogP contribution in [0.25, 0.3) is 0 Å². The first kappa shape index (κ1) is 20.7. The molecular formula is C24H25N3O4. The highest BCUT2D eigenvalue weighted by molar-refractivity contribution is 5.95. The van der Waals surface area contributed by atoms with Gasteiger partial charge in [0.1, 0.15) is 12.0 Å². The second-order valence-corrected chi connectivity index (χ2v) is 7.80. The molecule has 2 aromatic heterocycles. The fourth-order valence-electron chi connectivity index (χ4n) is 3.57. The Hall–Kier alpha value is -3.61. The van der Waals surface area contributed by atoms with Crippen molar-refractivity contribution in [1.29, 1.82) is 0 Å². The number of furan rings is 1. The van der Waals surface area contributed by atoms with Crippen molar-refractivity contribution in [1.82, 2.24) is 9.88 Å². The maximum Gasteiger partial charge on any atom is 0.257 e. The van der Waals surface area contributed by atoms with Gasteiger partial charge in [0, 0.05) is 25.1 Å². The molecule has 0 atom stereocenters. The van der Waals surface area contributed by atoms with Crippen LogP contribution in [0.1, 0.15) is 34.3 Å². The zero-order valence-electron chi connectivity index (χ0n) is 17.6. The molecule has 4 rings (SSSR count). The van der Waals surface area contributed by atoms with E-state index in [4.69, 9.17) is 9.15 Å². The summed E-state index contributed by atoms with van der Waals surface area (Å²) in [6.07, 6.45) is 5.76. The number of benzene rings is 1. The number of carbonyl (C=O) groups is 2. The van der Waals surface area contributed by atoms with E-state index in [2.05, 4.69) is 17.2 Å². The molecule has 0 bridgehead atoms. The molecule has 7 nitrogen and oxygen atoms in total. The van der Waals surface area contributed by atoms with Crippen molar-refractivity contribution in [2.75, 3.05) is 18.4 Å². The molecule has 1 N–H and O–H groups in total. The maximum absolute atomic E-state index is 12.6. The van der Waals surface area contributed by atoms with Gasteiger partial charge in [-0.05, 0) is 62.1 Å². The van der Waals surface area contributed by atoms with Crippen molar-refractivity contribution in [3.05, 3.63) is 71.8 Å². The second-order valence-electron chi connectivity index (χ2n) is 7.80. The number of nitrogens with zero attached hydrogens (tertiary/aromatic N) is 2. The molecule has 1 saturated heterocycles. The number of hydrogen-bond acceptors (Lipinski definition) is 5. The summed E-state index contributed by atoms with van der Waals surface area (Å²) in [7, 11) is 0. The molecule has 0 aliphatic carbocycles. The molecule has 0 radical (unpaired) electrons. The molecule has 2 amide bonds. The number of hydrogen-bond donors (Lipinski definition) is 1. The highest BCUT2D eigenvalue weighted by atomic mass is 16.5. The molecule has 0 unspecified atom stereocenters. The van der Waals surface area contributed by atoms with Crippen LogP contribution in [0.2, 0.25) is 0 Å². The third-order valence-electron chi connectivity index (χ3n) is 5.63. The van der Waals surface area contributed by atoms with E-state index in [0.29, 0.717) is 43.1 Å². The normalized spacial score (nSPS) is 14.3. The van der Waals surface area contributed by atoms with E-state index in [-0.39, 0.29) is 17.7 Å². The largest absolute Gasteiger partial charge is 0.472 e. The number of pyridine rings is 1. The summed E-state index contributed by atoms with van der Waals surface area (Å²) >= 11 is 0. The monoisotopic (exact) mass is 419 g/mol. The van der Waals surface area contributed by atoms with Gasteiger partial charge in [0.25, 0.3) is 5.91 Å². The van der Waals surface area contributed by atoms with Gasteiger partial charge in [-0.3, -0.25) is 9.59 Å². The summed E-state index contributed by atoms with van der Waals surface area (Å²) in [6, 6.07) is 11.0. The van der Waals surface area contributed by atoms with E-state index in [0.717, 1.165) is 11.3 Å². The molecule has 31 heavy (non-hydrogen) atoms. The molecule has 3 heterocycles. The van der Waals surface area contributed by atoms with Gasteiger partial charge in [-0.2, -0.15) is 0 Å². The van der Waals surface area contributed by atoms with Gasteiger partial charge in [-0.15, -0.1) is 0 Å². The Morgan fingerprint density at radius 2 is 1.90 bits per heavy atom. The topological polar surface area (TPSA) is 84.7 Å². The third kappa shape index (κ3) is 4.94. The lowest BCUT2D eigenvalue weighted by Crippen LogP contribution is -2.41. The van der Waals surface area contributed by atoms with Gasteiger partial charge in [0.05, 0.1) is 23.7 Å². The van der Waals surface area contributed by atoms with E-state index in [1.807, 2.05) is 25.1 Å². The average Bonchev–Trinajstić information content (AvgIpc) is 3.32. The van der Waals surface area contributed by atoms with Crippen molar-refractivity contribution >= 4 is 17.5 Å². The minimum Gasteiger partial charge on any atom is -0.472 e. The highest BCUT2D eigenvalue weighted by Gasteiger charge is 2.28. The number of rotatable bonds is 5. The van der Waals surface area contributed by atoms with Gasteiger partial charge in [-0.25, -0.2) is 4.98 Å². The molecule has 160 valence electrons. The number of nitrogens with one attached hydrogen (secondary N) is 1. The maximum atomic E-state index is 12.6. The van der Waals surface area contributed by atoms with Crippen molar-refractivity contribution in [3.63, 3.8) is 0 Å². The van der Waals surface area contributed by atoms with Gasteiger partial charge >= 0.3 is 0 Å². The molecule has 0 spiro atoms. The quantitative estimate of drug-likeness (QED) is 0.655. The van der Waals surface area contributed by atoms with Crippen LogP contribution in [0.4, 0.5) is 5.69 Å². The first-order valence-corrected chi connectivity index (χ1v) is 10.3. The number of piperidine rings is 1. The third-order valence-corrected chi connectivity index (χ3v) is 5.63. The zero-order valence-corrected chi connectivity index (χ0v) is 17.6. The lowest BCUT2D eigenvalue weighted by molar-refractivity contribution is -0.121. The zero-order chi connectivity index (χ0) is 21.8. The molecular weight excluding hydrogens is 394 g/mol. The average molecular weight is 419 g/mol. The fourth-order valence-corrected chi connectivity index (χ4v) is 3.57. The summed E-state index contributed by atoms with van der Waals surface area (Å²) < 4.78 is 10.8. The Labute approximate surface area is 181 Å². The van der Waals surface area contributed by atoms with Crippen LogP contribution in [0.5, 0.6) is 11.6 Å². The van der Waals surface area contributed by atoms with Crippen molar-refractivity contribution in [3.8, 4) is 11.6 Å². The molecule has 1 aliphatic rings. The molecule has 1 aromatic carbocycles. The number of carbonyl (C=O) groups excluding carboxylic acids is 2. The number of aromatic nitrogens is 1. The van der Waals surface area contributed by atoms with E-state index >= 15 is 0 Å². The summed E-state index contributed by atoms with van der Waals surface area (Å²) in [5.74, 6) is 0.937. The van der Waals surface area contributed by atoms with Crippen molar-refractivity contribution in [2.24, 2.45) is 5.92 Å². The lowest BCUT2D eigenvalue weighted by Gasteiger charge is -2.31. The van der Waals surface area contributed by atoms with Gasteiger partial charge < -0.3 is 19.4 Å². The van der Waals surface area contributed by atoms with Gasteiger partial charge in [0.15, 0.2) is 0 Å². The van der Waals surface area contributed by atoms with E-state index in [9.17, 15) is 9.59 Å². The first-order valence-electron chi connectivity index (χ1n) is 10.3. The minimum absolute atomic E-state index is 0.0555. The summed E-state index contributed by atoms with van der Waals surface area (Å²) in [6.45, 7) is 5.17. The lowest BCUT2D eigenvalue weighted by atomic mass is 9.95. The molecule has 3 aromatic rings. The summed E-state index contributed by atoms with van der Waals surface area (Å²) in [5, 5.41) is 2.92. The highest BCUT2D eigenvalue weighted by Crippen LogP contribution is 2.24. The van der Waals surface area contributed by atoms with Crippen LogP contribution in [-0.2, 0) is 4.79 Å². The summed E-state index contributed by atoms with van der Waals surface area (Å²) in [5.41, 5.74) is 3.51. The second kappa shape index (κ2) is 9.04. The Bertz CT molecular complexity index is 1050. The minimum atomic E-state index is -0.139. The van der Waals surface area contributed by atoms with Crippen LogP contribution < -0.4 is 10.1 Å². The van der Waals surface area contributed by atoms with Crippen LogP contribution in [0, 0.1) is 19.8 Å². The first-order chi connectivity index (χ1) is 15.0.